The van der Waals surface area contributed by atoms with Crippen LogP contribution < -0.4 is 4.90 Å². The molecule has 9 heteroatoms. The van der Waals surface area contributed by atoms with Crippen molar-refractivity contribution in [1.29, 1.82) is 0 Å². The first-order chi connectivity index (χ1) is 14.0. The van der Waals surface area contributed by atoms with E-state index in [0.717, 1.165) is 17.2 Å². The molecule has 0 spiro atoms. The molecule has 152 valence electrons. The van der Waals surface area contributed by atoms with E-state index in [1.165, 1.54) is 0 Å². The van der Waals surface area contributed by atoms with Crippen molar-refractivity contribution in [3.8, 4) is 5.82 Å². The molecule has 0 N–H and O–H groups in total. The van der Waals surface area contributed by atoms with Gasteiger partial charge >= 0.3 is 0 Å². The van der Waals surface area contributed by atoms with Gasteiger partial charge in [0.15, 0.2) is 11.6 Å². The highest BCUT2D eigenvalue weighted by molar-refractivity contribution is 7.89. The zero-order valence-electron chi connectivity index (χ0n) is 16.3. The van der Waals surface area contributed by atoms with Crippen molar-refractivity contribution < 1.29 is 8.42 Å². The smallest absolute Gasteiger partial charge is 0.214 e. The Balaban J connectivity index is 1.34. The number of aromatic nitrogens is 4. The van der Waals surface area contributed by atoms with E-state index in [4.69, 9.17) is 0 Å². The highest BCUT2D eigenvalue weighted by Crippen LogP contribution is 2.17. The van der Waals surface area contributed by atoms with Crippen LogP contribution in [0.3, 0.4) is 0 Å². The quantitative estimate of drug-likeness (QED) is 0.612. The lowest BCUT2D eigenvalue weighted by Crippen LogP contribution is -2.49. The predicted octanol–water partition coefficient (Wildman–Crippen LogP) is 1.67. The van der Waals surface area contributed by atoms with Crippen LogP contribution in [0.4, 0.5) is 5.82 Å². The molecular weight excluding hydrogens is 388 g/mol. The van der Waals surface area contributed by atoms with Crippen LogP contribution in [0, 0.1) is 6.92 Å². The van der Waals surface area contributed by atoms with Gasteiger partial charge in [-0.2, -0.15) is 4.31 Å². The highest BCUT2D eigenvalue weighted by Gasteiger charge is 2.27. The van der Waals surface area contributed by atoms with E-state index in [2.05, 4.69) is 20.1 Å². The molecule has 0 saturated carbocycles. The minimum absolute atomic E-state index is 0.135. The largest absolute Gasteiger partial charge is 0.352 e. The first-order valence-electron chi connectivity index (χ1n) is 9.64. The number of anilines is 1. The van der Waals surface area contributed by atoms with Crippen molar-refractivity contribution in [1.82, 2.24) is 24.1 Å². The Hall–Kier alpha value is -2.78. The maximum absolute atomic E-state index is 12.7. The van der Waals surface area contributed by atoms with Crippen molar-refractivity contribution in [3.63, 3.8) is 0 Å². The molecule has 0 atom stereocenters. The second-order valence-electron chi connectivity index (χ2n) is 7.03. The lowest BCUT2D eigenvalue weighted by molar-refractivity contribution is 0.383. The molecule has 4 rings (SSSR count). The topological polar surface area (TPSA) is 84.2 Å². The van der Waals surface area contributed by atoms with E-state index >= 15 is 0 Å². The number of hydrogen-bond acceptors (Lipinski definition) is 6. The average molecular weight is 413 g/mol. The van der Waals surface area contributed by atoms with Crippen LogP contribution in [-0.2, 0) is 16.4 Å². The Morgan fingerprint density at radius 2 is 1.62 bits per heavy atom. The molecule has 3 heterocycles. The monoisotopic (exact) mass is 412 g/mol. The number of sulfonamides is 1. The standard InChI is InChI=1S/C20H24N6O2S/c1-17-21-10-11-26(17)20-8-7-19(22-23-20)24-12-14-25(15-13-24)29(27,28)16-9-18-5-3-2-4-6-18/h2-8,10-11H,9,12-16H2,1H3. The number of imidazole rings is 1. The minimum atomic E-state index is -3.27. The van der Waals surface area contributed by atoms with Gasteiger partial charge in [0.25, 0.3) is 0 Å². The lowest BCUT2D eigenvalue weighted by atomic mass is 10.2. The molecule has 1 saturated heterocycles. The summed E-state index contributed by atoms with van der Waals surface area (Å²) < 4.78 is 28.8. The van der Waals surface area contributed by atoms with E-state index in [1.54, 1.807) is 10.5 Å². The fourth-order valence-corrected chi connectivity index (χ4v) is 4.92. The van der Waals surface area contributed by atoms with Gasteiger partial charge in [0.2, 0.25) is 10.0 Å². The average Bonchev–Trinajstić information content (AvgIpc) is 3.19. The molecule has 0 bridgehead atoms. The van der Waals surface area contributed by atoms with Crippen molar-refractivity contribution in [3.05, 3.63) is 66.2 Å². The zero-order chi connectivity index (χ0) is 20.3. The summed E-state index contributed by atoms with van der Waals surface area (Å²) in [6, 6.07) is 13.5. The van der Waals surface area contributed by atoms with E-state index in [-0.39, 0.29) is 5.75 Å². The van der Waals surface area contributed by atoms with Crippen LogP contribution in [0.15, 0.2) is 54.9 Å². The number of aryl methyl sites for hydroxylation is 2. The van der Waals surface area contributed by atoms with Gasteiger partial charge in [-0.05, 0) is 31.0 Å². The van der Waals surface area contributed by atoms with E-state index < -0.39 is 10.0 Å². The van der Waals surface area contributed by atoms with Crippen molar-refractivity contribution in [2.24, 2.45) is 0 Å². The molecule has 1 aliphatic rings. The third-order valence-electron chi connectivity index (χ3n) is 5.16. The third-order valence-corrected chi connectivity index (χ3v) is 7.03. The van der Waals surface area contributed by atoms with Gasteiger partial charge in [0.05, 0.1) is 5.75 Å². The first-order valence-corrected chi connectivity index (χ1v) is 11.2. The molecule has 0 unspecified atom stereocenters. The van der Waals surface area contributed by atoms with Gasteiger partial charge in [-0.3, -0.25) is 4.57 Å². The first kappa shape index (κ1) is 19.5. The summed E-state index contributed by atoms with van der Waals surface area (Å²) in [7, 11) is -3.27. The van der Waals surface area contributed by atoms with Crippen LogP contribution in [0.2, 0.25) is 0 Å². The van der Waals surface area contributed by atoms with Gasteiger partial charge in [-0.1, -0.05) is 30.3 Å². The van der Waals surface area contributed by atoms with E-state index in [0.29, 0.717) is 38.4 Å². The van der Waals surface area contributed by atoms with Gasteiger partial charge in [-0.15, -0.1) is 10.2 Å². The van der Waals surface area contributed by atoms with Gasteiger partial charge in [0, 0.05) is 38.6 Å². The Morgan fingerprint density at radius 1 is 0.931 bits per heavy atom. The number of nitrogens with zero attached hydrogens (tertiary/aromatic N) is 6. The fraction of sp³-hybridized carbons (Fsp3) is 0.350. The number of benzene rings is 1. The summed E-state index contributed by atoms with van der Waals surface area (Å²) in [5.74, 6) is 2.45. The van der Waals surface area contributed by atoms with E-state index in [1.807, 2.05) is 60.2 Å². The van der Waals surface area contributed by atoms with Crippen LogP contribution in [-0.4, -0.2) is 64.4 Å². The van der Waals surface area contributed by atoms with Crippen LogP contribution >= 0.6 is 0 Å². The Labute approximate surface area is 170 Å². The minimum Gasteiger partial charge on any atom is -0.352 e. The van der Waals surface area contributed by atoms with Crippen molar-refractivity contribution in [2.75, 3.05) is 36.8 Å². The van der Waals surface area contributed by atoms with Crippen LogP contribution in [0.5, 0.6) is 0 Å². The number of piperazine rings is 1. The van der Waals surface area contributed by atoms with Gasteiger partial charge < -0.3 is 4.90 Å². The molecule has 0 radical (unpaired) electrons. The molecule has 0 amide bonds. The lowest BCUT2D eigenvalue weighted by Gasteiger charge is -2.34. The molecule has 29 heavy (non-hydrogen) atoms. The van der Waals surface area contributed by atoms with Crippen molar-refractivity contribution in [2.45, 2.75) is 13.3 Å². The number of hydrogen-bond donors (Lipinski definition) is 0. The van der Waals surface area contributed by atoms with Crippen LogP contribution in [0.25, 0.3) is 5.82 Å². The summed E-state index contributed by atoms with van der Waals surface area (Å²) in [5, 5.41) is 8.61. The van der Waals surface area contributed by atoms with E-state index in [9.17, 15) is 8.42 Å². The SMILES string of the molecule is Cc1nccn1-c1ccc(N2CCN(S(=O)(=O)CCc3ccccc3)CC2)nn1. The Morgan fingerprint density at radius 3 is 2.24 bits per heavy atom. The summed E-state index contributed by atoms with van der Waals surface area (Å²) in [6.45, 7) is 4.03. The highest BCUT2D eigenvalue weighted by atomic mass is 32.2. The normalized spacial score (nSPS) is 15.6. The molecule has 0 aliphatic carbocycles. The zero-order valence-corrected chi connectivity index (χ0v) is 17.2. The molecule has 1 aromatic carbocycles. The predicted molar refractivity (Wildman–Crippen MR) is 112 cm³/mol. The summed E-state index contributed by atoms with van der Waals surface area (Å²) in [4.78, 5) is 6.26. The Kier molecular flexibility index (Phi) is 5.59. The Bertz CT molecular complexity index is 1040. The summed E-state index contributed by atoms with van der Waals surface area (Å²) in [5.41, 5.74) is 1.04. The third kappa shape index (κ3) is 4.46. The maximum Gasteiger partial charge on any atom is 0.214 e. The second-order valence-corrected chi connectivity index (χ2v) is 9.12. The summed E-state index contributed by atoms with van der Waals surface area (Å²) >= 11 is 0. The molecule has 1 aliphatic heterocycles. The maximum atomic E-state index is 12.7. The molecular formula is C20H24N6O2S. The van der Waals surface area contributed by atoms with Crippen LogP contribution in [0.1, 0.15) is 11.4 Å². The summed E-state index contributed by atoms with van der Waals surface area (Å²) in [6.07, 6.45) is 4.10. The molecule has 8 nitrogen and oxygen atoms in total. The number of rotatable bonds is 6. The van der Waals surface area contributed by atoms with Crippen molar-refractivity contribution >= 4 is 15.8 Å². The van der Waals surface area contributed by atoms with Gasteiger partial charge in [-0.25, -0.2) is 13.4 Å². The molecule has 3 aromatic rings. The fourth-order valence-electron chi connectivity index (χ4n) is 3.45. The van der Waals surface area contributed by atoms with Gasteiger partial charge in [0.1, 0.15) is 5.82 Å². The molecule has 2 aromatic heterocycles. The second kappa shape index (κ2) is 8.30. The molecule has 1 fully saturated rings.